The van der Waals surface area contributed by atoms with Crippen LogP contribution in [0.3, 0.4) is 0 Å². The Hall–Kier alpha value is -1.42. The number of nitrogens with zero attached hydrogens (tertiary/aromatic N) is 1. The third kappa shape index (κ3) is 2.17. The molecule has 88 valence electrons. The molecule has 1 fully saturated rings. The van der Waals surface area contributed by atoms with E-state index in [9.17, 15) is 5.11 Å². The number of thioether (sulfide) groups is 1. The van der Waals surface area contributed by atoms with E-state index < -0.39 is 0 Å². The van der Waals surface area contributed by atoms with Gasteiger partial charge in [-0.15, -0.1) is 0 Å². The fourth-order valence-electron chi connectivity index (χ4n) is 2.11. The summed E-state index contributed by atoms with van der Waals surface area (Å²) in [5, 5.41) is 15.1. The van der Waals surface area contributed by atoms with Crippen molar-refractivity contribution in [1.29, 1.82) is 0 Å². The van der Waals surface area contributed by atoms with Crippen LogP contribution in [0.25, 0.3) is 10.8 Å². The maximum absolute atomic E-state index is 9.56. The monoisotopic (exact) mass is 246 g/mol. The van der Waals surface area contributed by atoms with Crippen LogP contribution in [-0.4, -0.2) is 27.6 Å². The molecule has 17 heavy (non-hydrogen) atoms. The zero-order valence-electron chi connectivity index (χ0n) is 9.39. The molecule has 1 aliphatic heterocycles. The Morgan fingerprint density at radius 1 is 1.35 bits per heavy atom. The highest BCUT2D eigenvalue weighted by Gasteiger charge is 2.16. The first-order valence-electron chi connectivity index (χ1n) is 5.75. The summed E-state index contributed by atoms with van der Waals surface area (Å²) >= 11 is 1.97. The van der Waals surface area contributed by atoms with Crippen LogP contribution in [0, 0.1) is 0 Å². The highest BCUT2D eigenvalue weighted by Crippen LogP contribution is 2.27. The number of pyridine rings is 1. The average molecular weight is 246 g/mol. The minimum absolute atomic E-state index is 0.286. The van der Waals surface area contributed by atoms with E-state index in [2.05, 4.69) is 10.3 Å². The van der Waals surface area contributed by atoms with Gasteiger partial charge in [0.05, 0.1) is 0 Å². The first-order valence-corrected chi connectivity index (χ1v) is 6.90. The van der Waals surface area contributed by atoms with Crippen molar-refractivity contribution in [1.82, 2.24) is 4.98 Å². The number of rotatable bonds is 2. The molecule has 1 aromatic carbocycles. The first-order chi connectivity index (χ1) is 8.33. The van der Waals surface area contributed by atoms with Gasteiger partial charge in [-0.1, -0.05) is 6.07 Å². The Labute approximate surface area is 104 Å². The summed E-state index contributed by atoms with van der Waals surface area (Å²) in [7, 11) is 0. The van der Waals surface area contributed by atoms with E-state index in [1.54, 1.807) is 12.1 Å². The summed E-state index contributed by atoms with van der Waals surface area (Å²) in [6.07, 6.45) is 2.99. The van der Waals surface area contributed by atoms with Crippen LogP contribution < -0.4 is 5.32 Å². The predicted molar refractivity (Wildman–Crippen MR) is 72.8 cm³/mol. The molecule has 2 aromatic rings. The van der Waals surface area contributed by atoms with Gasteiger partial charge >= 0.3 is 0 Å². The van der Waals surface area contributed by atoms with Crippen LogP contribution in [0.2, 0.25) is 0 Å². The van der Waals surface area contributed by atoms with Crippen molar-refractivity contribution < 1.29 is 5.11 Å². The van der Waals surface area contributed by atoms with E-state index >= 15 is 0 Å². The molecule has 0 aliphatic carbocycles. The first kappa shape index (κ1) is 10.7. The molecule has 0 radical (unpaired) electrons. The number of phenolic OH excluding ortho intramolecular Hbond substituents is 1. The van der Waals surface area contributed by atoms with Gasteiger partial charge in [-0.25, -0.2) is 4.98 Å². The Morgan fingerprint density at radius 2 is 2.29 bits per heavy atom. The Balaban J connectivity index is 1.99. The fraction of sp³-hybridized carbons (Fsp3) is 0.308. The van der Waals surface area contributed by atoms with Crippen molar-refractivity contribution >= 4 is 28.4 Å². The van der Waals surface area contributed by atoms with Gasteiger partial charge in [0.25, 0.3) is 0 Å². The third-order valence-electron chi connectivity index (χ3n) is 3.02. The van der Waals surface area contributed by atoms with Crippen molar-refractivity contribution in [2.24, 2.45) is 0 Å². The fourth-order valence-corrected chi connectivity index (χ4v) is 3.27. The van der Waals surface area contributed by atoms with Crippen molar-refractivity contribution in [3.8, 4) is 5.75 Å². The van der Waals surface area contributed by atoms with Crippen molar-refractivity contribution in [3.05, 3.63) is 30.5 Å². The molecule has 0 bridgehead atoms. The Kier molecular flexibility index (Phi) is 2.81. The van der Waals surface area contributed by atoms with Gasteiger partial charge in [-0.2, -0.15) is 11.8 Å². The van der Waals surface area contributed by atoms with Crippen LogP contribution >= 0.6 is 11.8 Å². The lowest BCUT2D eigenvalue weighted by molar-refractivity contribution is 0.476. The van der Waals surface area contributed by atoms with Crippen LogP contribution in [0.1, 0.15) is 6.42 Å². The second-order valence-electron chi connectivity index (χ2n) is 4.27. The number of nitrogens with one attached hydrogen (secondary N) is 1. The smallest absolute Gasteiger partial charge is 0.134 e. The van der Waals surface area contributed by atoms with E-state index in [1.165, 1.54) is 12.2 Å². The second-order valence-corrected chi connectivity index (χ2v) is 5.42. The largest absolute Gasteiger partial charge is 0.508 e. The molecular formula is C13H14N2OS. The summed E-state index contributed by atoms with van der Waals surface area (Å²) in [4.78, 5) is 4.38. The Bertz CT molecular complexity index is 538. The maximum atomic E-state index is 9.56. The zero-order valence-corrected chi connectivity index (χ0v) is 10.2. The molecule has 3 rings (SSSR count). The SMILES string of the molecule is Oc1ccc2ccnc(NC3CCSC3)c2c1. The van der Waals surface area contributed by atoms with E-state index in [0.29, 0.717) is 6.04 Å². The number of fused-ring (bicyclic) bond motifs is 1. The van der Waals surface area contributed by atoms with Gasteiger partial charge < -0.3 is 10.4 Å². The lowest BCUT2D eigenvalue weighted by Crippen LogP contribution is -2.18. The van der Waals surface area contributed by atoms with Crippen LogP contribution in [-0.2, 0) is 0 Å². The zero-order chi connectivity index (χ0) is 11.7. The summed E-state index contributed by atoms with van der Waals surface area (Å²) in [5.74, 6) is 3.52. The lowest BCUT2D eigenvalue weighted by Gasteiger charge is -2.13. The molecule has 1 unspecified atom stereocenters. The molecule has 2 heterocycles. The molecule has 1 aromatic heterocycles. The Morgan fingerprint density at radius 3 is 3.12 bits per heavy atom. The van der Waals surface area contributed by atoms with Gasteiger partial charge in [0.2, 0.25) is 0 Å². The van der Waals surface area contributed by atoms with Crippen LogP contribution in [0.5, 0.6) is 5.75 Å². The van der Waals surface area contributed by atoms with Gasteiger partial charge in [0.1, 0.15) is 11.6 Å². The summed E-state index contributed by atoms with van der Waals surface area (Å²) in [5.41, 5.74) is 0. The van der Waals surface area contributed by atoms with Crippen molar-refractivity contribution in [2.75, 3.05) is 16.8 Å². The van der Waals surface area contributed by atoms with Crippen LogP contribution in [0.15, 0.2) is 30.5 Å². The summed E-state index contributed by atoms with van der Waals surface area (Å²) in [6.45, 7) is 0. The molecule has 1 saturated heterocycles. The minimum Gasteiger partial charge on any atom is -0.508 e. The second kappa shape index (κ2) is 4.45. The molecular weight excluding hydrogens is 232 g/mol. The molecule has 1 aliphatic rings. The molecule has 0 amide bonds. The van der Waals surface area contributed by atoms with E-state index in [1.807, 2.05) is 30.1 Å². The molecule has 0 spiro atoms. The third-order valence-corrected chi connectivity index (χ3v) is 4.18. The number of benzene rings is 1. The number of hydrogen-bond donors (Lipinski definition) is 2. The van der Waals surface area contributed by atoms with Crippen LogP contribution in [0.4, 0.5) is 5.82 Å². The van der Waals surface area contributed by atoms with Gasteiger partial charge in [0.15, 0.2) is 0 Å². The van der Waals surface area contributed by atoms with Crippen molar-refractivity contribution in [2.45, 2.75) is 12.5 Å². The highest BCUT2D eigenvalue weighted by molar-refractivity contribution is 7.99. The number of anilines is 1. The minimum atomic E-state index is 0.286. The quantitative estimate of drug-likeness (QED) is 0.855. The van der Waals surface area contributed by atoms with Gasteiger partial charge in [-0.05, 0) is 35.8 Å². The molecule has 2 N–H and O–H groups in total. The average Bonchev–Trinajstić information content (AvgIpc) is 2.83. The molecule has 4 heteroatoms. The standard InChI is InChI=1S/C13H14N2OS/c16-11-2-1-9-3-5-14-13(12(9)7-11)15-10-4-6-17-8-10/h1-3,5,7,10,16H,4,6,8H2,(H,14,15). The number of phenols is 1. The summed E-state index contributed by atoms with van der Waals surface area (Å²) in [6, 6.07) is 7.86. The maximum Gasteiger partial charge on any atom is 0.134 e. The lowest BCUT2D eigenvalue weighted by atomic mass is 10.1. The molecule has 3 nitrogen and oxygen atoms in total. The van der Waals surface area contributed by atoms with E-state index in [0.717, 1.165) is 22.3 Å². The number of aromatic nitrogens is 1. The molecule has 0 saturated carbocycles. The molecule has 1 atom stereocenters. The summed E-state index contributed by atoms with van der Waals surface area (Å²) < 4.78 is 0. The van der Waals surface area contributed by atoms with Gasteiger partial charge in [0, 0.05) is 23.4 Å². The van der Waals surface area contributed by atoms with Crippen molar-refractivity contribution in [3.63, 3.8) is 0 Å². The van der Waals surface area contributed by atoms with Gasteiger partial charge in [-0.3, -0.25) is 0 Å². The number of aromatic hydroxyl groups is 1. The number of hydrogen-bond acceptors (Lipinski definition) is 4. The van der Waals surface area contributed by atoms with E-state index in [-0.39, 0.29) is 5.75 Å². The van der Waals surface area contributed by atoms with E-state index in [4.69, 9.17) is 0 Å². The normalized spacial score (nSPS) is 19.6. The topological polar surface area (TPSA) is 45.2 Å². The predicted octanol–water partition coefficient (Wildman–Crippen LogP) is 2.86. The highest BCUT2D eigenvalue weighted by atomic mass is 32.2.